The van der Waals surface area contributed by atoms with Crippen LogP contribution in [0.3, 0.4) is 0 Å². The van der Waals surface area contributed by atoms with Crippen molar-refractivity contribution in [2.24, 2.45) is 5.11 Å². The molecule has 1 aliphatic heterocycles. The van der Waals surface area contributed by atoms with Crippen LogP contribution in [0.5, 0.6) is 0 Å². The van der Waals surface area contributed by atoms with Crippen molar-refractivity contribution in [1.29, 1.82) is 0 Å². The summed E-state index contributed by atoms with van der Waals surface area (Å²) in [6.45, 7) is 13.2. The average molecular weight is 500 g/mol. The molecule has 0 bridgehead atoms. The van der Waals surface area contributed by atoms with Crippen molar-refractivity contribution in [3.8, 4) is 0 Å². The van der Waals surface area contributed by atoms with Crippen LogP contribution in [0.15, 0.2) is 5.11 Å². The van der Waals surface area contributed by atoms with Crippen LogP contribution in [0, 0.1) is 0 Å². The lowest BCUT2D eigenvalue weighted by Gasteiger charge is -2.26. The second kappa shape index (κ2) is 27.5. The van der Waals surface area contributed by atoms with Crippen molar-refractivity contribution in [2.75, 3.05) is 132 Å². The molecule has 0 spiro atoms. The fourth-order valence-electron chi connectivity index (χ4n) is 2.70. The summed E-state index contributed by atoms with van der Waals surface area (Å²) in [6, 6.07) is 0. The molecule has 0 radical (unpaired) electrons. The van der Waals surface area contributed by atoms with Gasteiger partial charge in [0, 0.05) is 44.2 Å². The Morgan fingerprint density at radius 1 is 0.606 bits per heavy atom. The monoisotopic (exact) mass is 499 g/mol. The first kappa shape index (κ1) is 32.2. The van der Waals surface area contributed by atoms with E-state index in [9.17, 15) is 0 Å². The van der Waals surface area contributed by atoms with Gasteiger partial charge in [0.05, 0.1) is 92.5 Å². The van der Waals surface area contributed by atoms with Crippen LogP contribution in [0.25, 0.3) is 10.4 Å². The van der Waals surface area contributed by atoms with Gasteiger partial charge in [0.25, 0.3) is 0 Å². The Bertz CT molecular complexity index is 445. The Kier molecular flexibility index (Phi) is 26.9. The predicted molar refractivity (Wildman–Crippen MR) is 126 cm³/mol. The molecule has 1 heterocycles. The largest absolute Gasteiger partial charge is 0.379 e. The molecule has 0 aromatic heterocycles. The number of halogens is 1. The van der Waals surface area contributed by atoms with Crippen LogP contribution >= 0.6 is 12.4 Å². The normalized spacial score (nSPS) is 14.1. The summed E-state index contributed by atoms with van der Waals surface area (Å²) in [5.41, 5.74) is 8.11. The van der Waals surface area contributed by atoms with Gasteiger partial charge in [-0.1, -0.05) is 5.11 Å². The van der Waals surface area contributed by atoms with E-state index in [4.69, 9.17) is 38.7 Å². The molecule has 1 rings (SSSR count). The summed E-state index contributed by atoms with van der Waals surface area (Å²) in [5.74, 6) is 0. The molecule has 1 saturated heterocycles. The van der Waals surface area contributed by atoms with E-state index < -0.39 is 0 Å². The van der Waals surface area contributed by atoms with Crippen LogP contribution in [-0.2, 0) is 33.2 Å². The fraction of sp³-hybridized carbons (Fsp3) is 1.00. The maximum absolute atomic E-state index is 8.11. The van der Waals surface area contributed by atoms with Gasteiger partial charge in [0.15, 0.2) is 0 Å². The van der Waals surface area contributed by atoms with Crippen molar-refractivity contribution in [3.63, 3.8) is 0 Å². The highest BCUT2D eigenvalue weighted by atomic mass is 35.5. The first-order valence-electron chi connectivity index (χ1n) is 11.4. The van der Waals surface area contributed by atoms with Gasteiger partial charge in [-0.15, -0.1) is 12.4 Å². The standard InChI is InChI=1S/C20H41N5O7.ClH/c21-24-23-3-7-26-9-11-28-13-15-30-17-19-32-20-18-31-16-14-29-12-10-27-8-6-25-4-1-22-2-5-25;/h22H,1-20H2;1H. The summed E-state index contributed by atoms with van der Waals surface area (Å²) < 4.78 is 37.9. The number of hydrogen-bond donors (Lipinski definition) is 1. The molecule has 0 saturated carbocycles. The molecule has 0 aliphatic carbocycles. The molecular formula is C20H42ClN5O7. The number of azide groups is 1. The molecule has 0 aromatic carbocycles. The number of piperazine rings is 1. The lowest BCUT2D eigenvalue weighted by Crippen LogP contribution is -2.44. The summed E-state index contributed by atoms with van der Waals surface area (Å²) in [5, 5.41) is 6.71. The van der Waals surface area contributed by atoms with Crippen LogP contribution in [-0.4, -0.2) is 137 Å². The van der Waals surface area contributed by atoms with Gasteiger partial charge in [0.1, 0.15) is 0 Å². The molecule has 1 fully saturated rings. The predicted octanol–water partition coefficient (Wildman–Crippen LogP) is 0.740. The van der Waals surface area contributed by atoms with E-state index in [2.05, 4.69) is 20.2 Å². The van der Waals surface area contributed by atoms with Gasteiger partial charge >= 0.3 is 0 Å². The SMILES string of the molecule is Cl.[N-]=[N+]=NCCOCCOCCOCCOCCOCCOCCOCCN1CCNCC1. The van der Waals surface area contributed by atoms with Gasteiger partial charge in [-0.3, -0.25) is 4.90 Å². The van der Waals surface area contributed by atoms with Crippen molar-refractivity contribution in [1.82, 2.24) is 10.2 Å². The van der Waals surface area contributed by atoms with Gasteiger partial charge in [-0.2, -0.15) is 0 Å². The molecule has 33 heavy (non-hydrogen) atoms. The highest BCUT2D eigenvalue weighted by Crippen LogP contribution is 1.92. The zero-order valence-corrected chi connectivity index (χ0v) is 20.5. The number of nitrogens with zero attached hydrogens (tertiary/aromatic N) is 4. The minimum Gasteiger partial charge on any atom is -0.379 e. The average Bonchev–Trinajstić information content (AvgIpc) is 2.82. The zero-order chi connectivity index (χ0) is 22.8. The Morgan fingerprint density at radius 3 is 1.36 bits per heavy atom. The van der Waals surface area contributed by atoms with Gasteiger partial charge in [0.2, 0.25) is 0 Å². The van der Waals surface area contributed by atoms with Gasteiger partial charge < -0.3 is 38.5 Å². The summed E-state index contributed by atoms with van der Waals surface area (Å²) in [7, 11) is 0. The van der Waals surface area contributed by atoms with Crippen LogP contribution in [0.1, 0.15) is 0 Å². The van der Waals surface area contributed by atoms with E-state index in [1.807, 2.05) is 0 Å². The number of nitrogens with one attached hydrogen (secondary N) is 1. The third kappa shape index (κ3) is 24.2. The van der Waals surface area contributed by atoms with E-state index in [1.54, 1.807) is 0 Å². The van der Waals surface area contributed by atoms with Crippen LogP contribution < -0.4 is 5.32 Å². The molecule has 0 amide bonds. The second-order valence-corrected chi connectivity index (χ2v) is 6.83. The summed E-state index contributed by atoms with van der Waals surface area (Å²) in [4.78, 5) is 5.05. The molecule has 13 heteroatoms. The highest BCUT2D eigenvalue weighted by Gasteiger charge is 2.08. The van der Waals surface area contributed by atoms with Crippen molar-refractivity contribution in [2.45, 2.75) is 0 Å². The molecule has 0 aromatic rings. The van der Waals surface area contributed by atoms with E-state index in [-0.39, 0.29) is 12.4 Å². The Morgan fingerprint density at radius 2 is 0.970 bits per heavy atom. The van der Waals surface area contributed by atoms with Crippen molar-refractivity contribution >= 4 is 12.4 Å². The van der Waals surface area contributed by atoms with E-state index in [1.165, 1.54) is 0 Å². The van der Waals surface area contributed by atoms with Crippen LogP contribution in [0.4, 0.5) is 0 Å². The first-order valence-corrected chi connectivity index (χ1v) is 11.4. The number of hydrogen-bond acceptors (Lipinski definition) is 10. The van der Waals surface area contributed by atoms with Gasteiger partial charge in [-0.05, 0) is 5.53 Å². The van der Waals surface area contributed by atoms with Crippen LogP contribution in [0.2, 0.25) is 0 Å². The smallest absolute Gasteiger partial charge is 0.0701 e. The molecule has 1 N–H and O–H groups in total. The third-order valence-electron chi connectivity index (χ3n) is 4.39. The topological polar surface area (TPSA) is 129 Å². The minimum atomic E-state index is 0. The quantitative estimate of drug-likeness (QED) is 0.0884. The van der Waals surface area contributed by atoms with Crippen molar-refractivity contribution in [3.05, 3.63) is 10.4 Å². The van der Waals surface area contributed by atoms with E-state index >= 15 is 0 Å². The maximum Gasteiger partial charge on any atom is 0.0701 e. The third-order valence-corrected chi connectivity index (χ3v) is 4.39. The molecule has 196 valence electrons. The molecular weight excluding hydrogens is 458 g/mol. The molecule has 1 aliphatic rings. The first-order chi connectivity index (χ1) is 15.9. The van der Waals surface area contributed by atoms with E-state index in [0.717, 1.165) is 39.3 Å². The molecule has 0 unspecified atom stereocenters. The highest BCUT2D eigenvalue weighted by molar-refractivity contribution is 5.85. The second-order valence-electron chi connectivity index (χ2n) is 6.83. The lowest BCUT2D eigenvalue weighted by atomic mass is 10.4. The fourth-order valence-corrected chi connectivity index (χ4v) is 2.70. The number of rotatable bonds is 24. The molecule has 0 atom stereocenters. The Hall–Kier alpha value is -0.760. The van der Waals surface area contributed by atoms with Gasteiger partial charge in [-0.25, -0.2) is 0 Å². The van der Waals surface area contributed by atoms with E-state index in [0.29, 0.717) is 92.4 Å². The summed E-state index contributed by atoms with van der Waals surface area (Å²) in [6.07, 6.45) is 0. The lowest BCUT2D eigenvalue weighted by molar-refractivity contribution is -0.0208. The molecule has 12 nitrogen and oxygen atoms in total. The van der Waals surface area contributed by atoms with Crippen molar-refractivity contribution < 1.29 is 33.2 Å². The zero-order valence-electron chi connectivity index (χ0n) is 19.7. The Labute approximate surface area is 203 Å². The minimum absolute atomic E-state index is 0. The number of ether oxygens (including phenoxy) is 7. The summed E-state index contributed by atoms with van der Waals surface area (Å²) >= 11 is 0. The Balaban J connectivity index is 0.0000102. The maximum atomic E-state index is 8.11.